The summed E-state index contributed by atoms with van der Waals surface area (Å²) in [7, 11) is -4.15. The second kappa shape index (κ2) is 8.54. The predicted molar refractivity (Wildman–Crippen MR) is 125 cm³/mol. The van der Waals surface area contributed by atoms with Gasteiger partial charge < -0.3 is 0 Å². The minimum absolute atomic E-state index is 0.0280. The number of para-hydroxylation sites is 1. The highest BCUT2D eigenvalue weighted by Gasteiger charge is 2.29. The molecule has 0 atom stereocenters. The Labute approximate surface area is 195 Å². The van der Waals surface area contributed by atoms with Crippen molar-refractivity contribution in [2.75, 3.05) is 4.31 Å². The molecule has 0 amide bonds. The molecule has 4 aromatic rings. The number of fused-ring (bicyclic) bond motifs is 1. The molecule has 1 heterocycles. The van der Waals surface area contributed by atoms with Crippen molar-refractivity contribution in [3.8, 4) is 0 Å². The number of rotatable bonds is 6. The fourth-order valence-corrected chi connectivity index (χ4v) is 5.89. The number of halogens is 2. The molecular formula is C20H13BrClN3O4S2. The molecule has 0 saturated heterocycles. The molecule has 0 unspecified atom stereocenters. The van der Waals surface area contributed by atoms with Crippen LogP contribution in [0, 0.1) is 10.1 Å². The lowest BCUT2D eigenvalue weighted by molar-refractivity contribution is -0.384. The molecule has 11 heteroatoms. The quantitative estimate of drug-likeness (QED) is 0.221. The Morgan fingerprint density at radius 3 is 2.48 bits per heavy atom. The molecule has 0 aliphatic rings. The lowest BCUT2D eigenvalue weighted by Crippen LogP contribution is -2.30. The molecule has 0 bridgehead atoms. The molecule has 0 aliphatic heterocycles. The fourth-order valence-electron chi connectivity index (χ4n) is 2.95. The van der Waals surface area contributed by atoms with Gasteiger partial charge in [-0.3, -0.25) is 14.4 Å². The van der Waals surface area contributed by atoms with Crippen LogP contribution in [-0.4, -0.2) is 18.3 Å². The number of hydrogen-bond donors (Lipinski definition) is 0. The fraction of sp³-hybridized carbons (Fsp3) is 0.0500. The van der Waals surface area contributed by atoms with Crippen LogP contribution in [0.4, 0.5) is 11.4 Å². The Bertz CT molecular complexity index is 1360. The van der Waals surface area contributed by atoms with Gasteiger partial charge in [0.15, 0.2) is 0 Å². The van der Waals surface area contributed by atoms with Gasteiger partial charge in [0.2, 0.25) is 0 Å². The molecule has 0 spiro atoms. The van der Waals surface area contributed by atoms with E-state index in [4.69, 9.17) is 11.6 Å². The van der Waals surface area contributed by atoms with Gasteiger partial charge in [0.05, 0.1) is 32.3 Å². The molecule has 31 heavy (non-hydrogen) atoms. The summed E-state index contributed by atoms with van der Waals surface area (Å²) in [5.41, 5.74) is 0.705. The average Bonchev–Trinajstić information content (AvgIpc) is 3.15. The molecule has 0 aliphatic carbocycles. The number of nitrogens with zero attached hydrogens (tertiary/aromatic N) is 3. The molecule has 7 nitrogen and oxygen atoms in total. The monoisotopic (exact) mass is 537 g/mol. The van der Waals surface area contributed by atoms with Crippen LogP contribution in [0.3, 0.4) is 0 Å². The third-order valence-corrected chi connectivity index (χ3v) is 8.07. The molecule has 0 saturated carbocycles. The van der Waals surface area contributed by atoms with Crippen LogP contribution in [0.25, 0.3) is 10.2 Å². The van der Waals surface area contributed by atoms with Crippen molar-refractivity contribution in [1.29, 1.82) is 0 Å². The maximum Gasteiger partial charge on any atom is 0.289 e. The first-order valence-electron chi connectivity index (χ1n) is 8.82. The van der Waals surface area contributed by atoms with E-state index in [0.29, 0.717) is 10.7 Å². The summed E-state index contributed by atoms with van der Waals surface area (Å²) in [5, 5.41) is 11.7. The van der Waals surface area contributed by atoms with Gasteiger partial charge in [-0.2, -0.15) is 0 Å². The van der Waals surface area contributed by atoms with Crippen LogP contribution in [0.2, 0.25) is 5.02 Å². The predicted octanol–water partition coefficient (Wildman–Crippen LogP) is 6.02. The standard InChI is InChI=1S/C20H13BrClN3O4S2/c21-13-5-7-14(8-6-13)24(12-20-23-17-3-1-2-4-19(17)30-20)31(28,29)15-9-10-16(22)18(11-15)25(26)27/h1-11H,12H2. The first-order valence-corrected chi connectivity index (χ1v) is 12.2. The van der Waals surface area contributed by atoms with Crippen LogP contribution in [0.5, 0.6) is 0 Å². The number of thiazole rings is 1. The average molecular weight is 539 g/mol. The van der Waals surface area contributed by atoms with Gasteiger partial charge in [-0.25, -0.2) is 13.4 Å². The number of sulfonamides is 1. The normalized spacial score (nSPS) is 11.5. The zero-order valence-electron chi connectivity index (χ0n) is 15.6. The van der Waals surface area contributed by atoms with Crippen LogP contribution in [-0.2, 0) is 16.6 Å². The molecule has 158 valence electrons. The minimum Gasteiger partial charge on any atom is -0.259 e. The minimum atomic E-state index is -4.15. The van der Waals surface area contributed by atoms with Gasteiger partial charge in [0, 0.05) is 10.5 Å². The molecular weight excluding hydrogens is 526 g/mol. The Morgan fingerprint density at radius 1 is 1.10 bits per heavy atom. The summed E-state index contributed by atoms with van der Waals surface area (Å²) in [6.45, 7) is -0.0280. The highest BCUT2D eigenvalue weighted by atomic mass is 79.9. The Hall–Kier alpha value is -2.53. The summed E-state index contributed by atoms with van der Waals surface area (Å²) < 4.78 is 30.0. The van der Waals surface area contributed by atoms with Gasteiger partial charge in [-0.05, 0) is 48.5 Å². The summed E-state index contributed by atoms with van der Waals surface area (Å²) in [5.74, 6) is 0. The smallest absolute Gasteiger partial charge is 0.259 e. The van der Waals surface area contributed by atoms with Crippen molar-refractivity contribution < 1.29 is 13.3 Å². The number of nitro groups is 1. The van der Waals surface area contributed by atoms with E-state index < -0.39 is 20.6 Å². The van der Waals surface area contributed by atoms with E-state index in [1.165, 1.54) is 27.8 Å². The van der Waals surface area contributed by atoms with Crippen molar-refractivity contribution >= 4 is 70.5 Å². The van der Waals surface area contributed by atoms with E-state index in [-0.39, 0.29) is 16.5 Å². The van der Waals surface area contributed by atoms with Gasteiger partial charge in [0.25, 0.3) is 15.7 Å². The molecule has 0 radical (unpaired) electrons. The number of aromatic nitrogens is 1. The zero-order valence-corrected chi connectivity index (χ0v) is 19.6. The van der Waals surface area contributed by atoms with Crippen molar-refractivity contribution in [2.24, 2.45) is 0 Å². The summed E-state index contributed by atoms with van der Waals surface area (Å²) in [6, 6.07) is 17.7. The van der Waals surface area contributed by atoms with Crippen LogP contribution in [0.15, 0.2) is 76.1 Å². The number of benzene rings is 3. The lowest BCUT2D eigenvalue weighted by atomic mass is 10.3. The molecule has 3 aromatic carbocycles. The van der Waals surface area contributed by atoms with Crippen molar-refractivity contribution in [3.63, 3.8) is 0 Å². The van der Waals surface area contributed by atoms with Crippen LogP contribution in [0.1, 0.15) is 5.01 Å². The summed E-state index contributed by atoms with van der Waals surface area (Å²) in [6.07, 6.45) is 0. The van der Waals surface area contributed by atoms with Gasteiger partial charge in [0.1, 0.15) is 10.0 Å². The number of hydrogen-bond acceptors (Lipinski definition) is 6. The largest absolute Gasteiger partial charge is 0.289 e. The van der Waals surface area contributed by atoms with E-state index in [0.717, 1.165) is 20.8 Å². The maximum absolute atomic E-state index is 13.5. The highest BCUT2D eigenvalue weighted by molar-refractivity contribution is 9.10. The number of nitro benzene ring substituents is 1. The maximum atomic E-state index is 13.5. The van der Waals surface area contributed by atoms with Crippen LogP contribution >= 0.6 is 38.9 Å². The van der Waals surface area contributed by atoms with Crippen LogP contribution < -0.4 is 4.31 Å². The third-order valence-electron chi connectivity index (χ3n) is 4.43. The zero-order chi connectivity index (χ0) is 22.2. The highest BCUT2D eigenvalue weighted by Crippen LogP contribution is 2.33. The first-order chi connectivity index (χ1) is 14.8. The van der Waals surface area contributed by atoms with Gasteiger partial charge in [-0.15, -0.1) is 11.3 Å². The van der Waals surface area contributed by atoms with Gasteiger partial charge in [-0.1, -0.05) is 39.7 Å². The molecule has 4 rings (SSSR count). The second-order valence-corrected chi connectivity index (χ2v) is 10.7. The Kier molecular flexibility index (Phi) is 5.98. The van der Waals surface area contributed by atoms with E-state index >= 15 is 0 Å². The molecule has 1 aromatic heterocycles. The van der Waals surface area contributed by atoms with E-state index in [1.54, 1.807) is 24.3 Å². The summed E-state index contributed by atoms with van der Waals surface area (Å²) in [4.78, 5) is 14.9. The van der Waals surface area contributed by atoms with E-state index in [2.05, 4.69) is 20.9 Å². The lowest BCUT2D eigenvalue weighted by Gasteiger charge is -2.23. The number of anilines is 1. The van der Waals surface area contributed by atoms with Crippen molar-refractivity contribution in [2.45, 2.75) is 11.4 Å². The van der Waals surface area contributed by atoms with Gasteiger partial charge >= 0.3 is 0 Å². The summed E-state index contributed by atoms with van der Waals surface area (Å²) >= 11 is 10.6. The topological polar surface area (TPSA) is 93.4 Å². The van der Waals surface area contributed by atoms with E-state index in [1.807, 2.05) is 24.3 Å². The van der Waals surface area contributed by atoms with E-state index in [9.17, 15) is 18.5 Å². The van der Waals surface area contributed by atoms with Crippen molar-refractivity contribution in [3.05, 3.63) is 91.3 Å². The first kappa shape index (κ1) is 21.7. The van der Waals surface area contributed by atoms with Crippen molar-refractivity contribution in [1.82, 2.24) is 4.98 Å². The SMILES string of the molecule is O=[N+]([O-])c1cc(S(=O)(=O)N(Cc2nc3ccccc3s2)c2ccc(Br)cc2)ccc1Cl. The molecule has 0 fully saturated rings. The second-order valence-electron chi connectivity index (χ2n) is 6.43. The third kappa shape index (κ3) is 4.42. The molecule has 0 N–H and O–H groups in total. The Morgan fingerprint density at radius 2 is 1.81 bits per heavy atom. The Balaban J connectivity index is 1.82.